The molecule has 0 saturated carbocycles. The normalized spacial score (nSPS) is 18.3. The van der Waals surface area contributed by atoms with Crippen molar-refractivity contribution in [3.8, 4) is 0 Å². The van der Waals surface area contributed by atoms with Crippen molar-refractivity contribution in [3.63, 3.8) is 0 Å². The summed E-state index contributed by atoms with van der Waals surface area (Å²) in [4.78, 5) is 12.4. The summed E-state index contributed by atoms with van der Waals surface area (Å²) in [7, 11) is 0. The highest BCUT2D eigenvalue weighted by molar-refractivity contribution is 5.95. The number of amides is 1. The third-order valence-electron chi connectivity index (χ3n) is 4.34. The molecule has 2 aliphatic heterocycles. The van der Waals surface area contributed by atoms with Crippen LogP contribution in [0.3, 0.4) is 0 Å². The molecule has 2 aliphatic rings. The monoisotopic (exact) mass is 327 g/mol. The molecule has 3 heterocycles. The van der Waals surface area contributed by atoms with E-state index in [0.29, 0.717) is 5.56 Å². The number of aryl methyl sites for hydroxylation is 1. The van der Waals surface area contributed by atoms with Gasteiger partial charge in [0.05, 0.1) is 17.0 Å². The zero-order chi connectivity index (χ0) is 16.9. The summed E-state index contributed by atoms with van der Waals surface area (Å²) in [5.74, 6) is -0.0459. The summed E-state index contributed by atoms with van der Waals surface area (Å²) < 4.78 is 1.79. The van der Waals surface area contributed by atoms with Crippen molar-refractivity contribution in [1.29, 1.82) is 0 Å². The van der Waals surface area contributed by atoms with Crippen molar-refractivity contribution >= 4 is 11.6 Å². The molecular formula is C18H25N5O. The van der Waals surface area contributed by atoms with Gasteiger partial charge in [-0.25, -0.2) is 4.68 Å². The van der Waals surface area contributed by atoms with E-state index < -0.39 is 0 Å². The van der Waals surface area contributed by atoms with Gasteiger partial charge < -0.3 is 16.0 Å². The highest BCUT2D eigenvalue weighted by Crippen LogP contribution is 2.23. The maximum absolute atomic E-state index is 12.4. The van der Waals surface area contributed by atoms with E-state index in [9.17, 15) is 4.79 Å². The first-order valence-electron chi connectivity index (χ1n) is 8.65. The molecule has 1 atom stereocenters. The predicted octanol–water partition coefficient (Wildman–Crippen LogP) is 2.27. The molecular weight excluding hydrogens is 302 g/mol. The molecule has 0 aromatic carbocycles. The molecule has 1 amide bonds. The second-order valence-corrected chi connectivity index (χ2v) is 6.16. The lowest BCUT2D eigenvalue weighted by Crippen LogP contribution is -2.36. The smallest absolute Gasteiger partial charge is 0.254 e. The number of allylic oxidation sites excluding steroid dienone is 2. The van der Waals surface area contributed by atoms with Gasteiger partial charge in [-0.05, 0) is 31.7 Å². The molecule has 1 aromatic rings. The van der Waals surface area contributed by atoms with Crippen LogP contribution in [0.2, 0.25) is 0 Å². The Kier molecular flexibility index (Phi) is 5.03. The minimum atomic E-state index is -0.0459. The van der Waals surface area contributed by atoms with Gasteiger partial charge in [-0.2, -0.15) is 5.10 Å². The van der Waals surface area contributed by atoms with Gasteiger partial charge in [0.1, 0.15) is 6.17 Å². The third-order valence-corrected chi connectivity index (χ3v) is 4.34. The Labute approximate surface area is 142 Å². The van der Waals surface area contributed by atoms with Crippen molar-refractivity contribution in [2.75, 3.05) is 6.54 Å². The van der Waals surface area contributed by atoms with E-state index in [1.165, 1.54) is 12.8 Å². The number of carbonyl (C=O) groups excluding carboxylic acids is 1. The predicted molar refractivity (Wildman–Crippen MR) is 95.0 cm³/mol. The molecule has 24 heavy (non-hydrogen) atoms. The average Bonchev–Trinajstić information content (AvgIpc) is 3.20. The Hall–Kier alpha value is -2.50. The van der Waals surface area contributed by atoms with Crippen LogP contribution in [-0.4, -0.2) is 28.4 Å². The second kappa shape index (κ2) is 7.38. The lowest BCUT2D eigenvalue weighted by atomic mass is 10.1. The molecule has 0 fully saturated rings. The standard InChI is InChI=1S/C18H25N5O/c1-3-4-5-6-9-21-18(24)15-12-23(22-13(15)2)16-8-11-20-17-14(16)7-10-19-17/h7-8,10-12,17,19-20H,3-6,9H2,1-2H3,(H,21,24). The molecule has 0 spiro atoms. The molecule has 6 heteroatoms. The first-order chi connectivity index (χ1) is 11.7. The largest absolute Gasteiger partial charge is 0.368 e. The van der Waals surface area contributed by atoms with Crippen molar-refractivity contribution in [2.24, 2.45) is 0 Å². The number of carbonyl (C=O) groups is 1. The van der Waals surface area contributed by atoms with E-state index in [1.807, 2.05) is 37.7 Å². The van der Waals surface area contributed by atoms with Gasteiger partial charge in [-0.15, -0.1) is 0 Å². The van der Waals surface area contributed by atoms with Crippen LogP contribution in [0.25, 0.3) is 5.70 Å². The Morgan fingerprint density at radius 1 is 1.25 bits per heavy atom. The van der Waals surface area contributed by atoms with Crippen molar-refractivity contribution < 1.29 is 4.79 Å². The van der Waals surface area contributed by atoms with E-state index in [1.54, 1.807) is 4.68 Å². The summed E-state index contributed by atoms with van der Waals surface area (Å²) in [6, 6.07) is 0. The average molecular weight is 327 g/mol. The molecule has 0 bridgehead atoms. The summed E-state index contributed by atoms with van der Waals surface area (Å²) in [5, 5.41) is 14.0. The fraction of sp³-hybridized carbons (Fsp3) is 0.444. The van der Waals surface area contributed by atoms with Crippen LogP contribution >= 0.6 is 0 Å². The number of fused-ring (bicyclic) bond motifs is 1. The van der Waals surface area contributed by atoms with E-state index in [4.69, 9.17) is 0 Å². The van der Waals surface area contributed by atoms with Crippen LogP contribution < -0.4 is 16.0 Å². The Bertz CT molecular complexity index is 698. The summed E-state index contributed by atoms with van der Waals surface area (Å²) in [6.07, 6.45) is 14.3. The summed E-state index contributed by atoms with van der Waals surface area (Å²) in [5.41, 5.74) is 3.47. The number of aromatic nitrogens is 2. The highest BCUT2D eigenvalue weighted by atomic mass is 16.1. The molecule has 3 N–H and O–H groups in total. The van der Waals surface area contributed by atoms with E-state index in [-0.39, 0.29) is 12.1 Å². The lowest BCUT2D eigenvalue weighted by molar-refractivity contribution is 0.0952. The highest BCUT2D eigenvalue weighted by Gasteiger charge is 2.23. The Morgan fingerprint density at radius 2 is 2.04 bits per heavy atom. The second-order valence-electron chi connectivity index (χ2n) is 6.16. The number of hydrogen-bond acceptors (Lipinski definition) is 4. The number of nitrogens with one attached hydrogen (secondary N) is 3. The molecule has 1 aromatic heterocycles. The number of hydrogen-bond donors (Lipinski definition) is 3. The maximum Gasteiger partial charge on any atom is 0.254 e. The minimum absolute atomic E-state index is 0.0459. The first kappa shape index (κ1) is 16.4. The first-order valence-corrected chi connectivity index (χ1v) is 8.65. The molecule has 0 saturated heterocycles. The number of nitrogens with zero attached hydrogens (tertiary/aromatic N) is 2. The summed E-state index contributed by atoms with van der Waals surface area (Å²) in [6.45, 7) is 4.77. The topological polar surface area (TPSA) is 71.0 Å². The fourth-order valence-electron chi connectivity index (χ4n) is 2.97. The van der Waals surface area contributed by atoms with Gasteiger partial charge >= 0.3 is 0 Å². The minimum Gasteiger partial charge on any atom is -0.368 e. The Morgan fingerprint density at radius 3 is 2.83 bits per heavy atom. The number of unbranched alkanes of at least 4 members (excludes halogenated alkanes) is 3. The lowest BCUT2D eigenvalue weighted by Gasteiger charge is -2.20. The van der Waals surface area contributed by atoms with Gasteiger partial charge in [0.25, 0.3) is 5.91 Å². The van der Waals surface area contributed by atoms with E-state index in [0.717, 1.165) is 36.4 Å². The van der Waals surface area contributed by atoms with Gasteiger partial charge in [0, 0.05) is 24.5 Å². The molecule has 3 rings (SSSR count). The van der Waals surface area contributed by atoms with Crippen molar-refractivity contribution in [2.45, 2.75) is 45.7 Å². The van der Waals surface area contributed by atoms with Crippen LogP contribution in [0.1, 0.15) is 48.7 Å². The van der Waals surface area contributed by atoms with Crippen LogP contribution in [0.5, 0.6) is 0 Å². The fourth-order valence-corrected chi connectivity index (χ4v) is 2.97. The molecule has 0 aliphatic carbocycles. The van der Waals surface area contributed by atoms with Crippen LogP contribution in [0.15, 0.2) is 36.3 Å². The number of rotatable bonds is 7. The van der Waals surface area contributed by atoms with Gasteiger partial charge in [0.15, 0.2) is 0 Å². The van der Waals surface area contributed by atoms with Crippen molar-refractivity contribution in [1.82, 2.24) is 25.7 Å². The zero-order valence-corrected chi connectivity index (χ0v) is 14.3. The van der Waals surface area contributed by atoms with E-state index in [2.05, 4.69) is 28.0 Å². The van der Waals surface area contributed by atoms with Gasteiger partial charge in [-0.3, -0.25) is 4.79 Å². The molecule has 6 nitrogen and oxygen atoms in total. The maximum atomic E-state index is 12.4. The molecule has 0 radical (unpaired) electrons. The van der Waals surface area contributed by atoms with Crippen molar-refractivity contribution in [3.05, 3.63) is 47.6 Å². The summed E-state index contributed by atoms with van der Waals surface area (Å²) >= 11 is 0. The quantitative estimate of drug-likeness (QED) is 0.672. The third kappa shape index (κ3) is 3.37. The van der Waals surface area contributed by atoms with E-state index >= 15 is 0 Å². The molecule has 128 valence electrons. The Balaban J connectivity index is 1.70. The molecule has 1 unspecified atom stereocenters. The SMILES string of the molecule is CCCCCCNC(=O)c1cn(C2=C3C=CNC3NC=C2)nc1C. The zero-order valence-electron chi connectivity index (χ0n) is 14.3. The van der Waals surface area contributed by atoms with Crippen LogP contribution in [0, 0.1) is 6.92 Å². The number of dihydropyridines is 1. The van der Waals surface area contributed by atoms with Crippen LogP contribution in [0.4, 0.5) is 0 Å². The van der Waals surface area contributed by atoms with Gasteiger partial charge in [0.2, 0.25) is 0 Å². The van der Waals surface area contributed by atoms with Crippen LogP contribution in [-0.2, 0) is 0 Å². The van der Waals surface area contributed by atoms with Gasteiger partial charge in [-0.1, -0.05) is 26.2 Å².